The maximum Gasteiger partial charge on any atom is 0.331 e. The first-order chi connectivity index (χ1) is 17.6. The first-order valence-electron chi connectivity index (χ1n) is 14.6. The fourth-order valence-electron chi connectivity index (χ4n) is 9.95. The number of amides is 2. The summed E-state index contributed by atoms with van der Waals surface area (Å²) < 4.78 is 5.22. The van der Waals surface area contributed by atoms with E-state index in [0.29, 0.717) is 18.8 Å². The molecule has 8 nitrogen and oxygen atoms in total. The summed E-state index contributed by atoms with van der Waals surface area (Å²) in [5.74, 6) is 0.589. The smallest absolute Gasteiger partial charge is 0.331 e. The summed E-state index contributed by atoms with van der Waals surface area (Å²) in [4.78, 5) is 29.0. The van der Waals surface area contributed by atoms with E-state index in [1.165, 1.54) is 0 Å². The number of fused-ring (bicyclic) bond motifs is 5. The number of hydrogen-bond acceptors (Lipinski definition) is 6. The van der Waals surface area contributed by atoms with Crippen LogP contribution in [0.2, 0.25) is 0 Å². The van der Waals surface area contributed by atoms with Crippen LogP contribution in [0.5, 0.6) is 0 Å². The van der Waals surface area contributed by atoms with E-state index in [4.69, 9.17) is 4.74 Å². The summed E-state index contributed by atoms with van der Waals surface area (Å²) in [6.07, 6.45) is 8.18. The van der Waals surface area contributed by atoms with E-state index >= 15 is 0 Å². The average Bonchev–Trinajstić information content (AvgIpc) is 3.44. The second kappa shape index (κ2) is 8.95. The molecular formula is C29H45N3O5. The zero-order valence-electron chi connectivity index (χ0n) is 22.7. The Balaban J connectivity index is 1.21. The number of carbonyl (C=O) groups is 2. The number of esters is 1. The van der Waals surface area contributed by atoms with Gasteiger partial charge in [-0.15, -0.1) is 0 Å². The van der Waals surface area contributed by atoms with Gasteiger partial charge < -0.3 is 30.1 Å². The van der Waals surface area contributed by atoms with Crippen LogP contribution in [0.4, 0.5) is 4.79 Å². The quantitative estimate of drug-likeness (QED) is 0.489. The molecular weight excluding hydrogens is 470 g/mol. The number of aliphatic hydroxyl groups excluding tert-OH is 1. The van der Waals surface area contributed by atoms with Crippen LogP contribution in [-0.4, -0.2) is 89.6 Å². The van der Waals surface area contributed by atoms with Gasteiger partial charge in [-0.2, -0.15) is 0 Å². The first-order valence-corrected chi connectivity index (χ1v) is 14.6. The van der Waals surface area contributed by atoms with Crippen molar-refractivity contribution in [1.82, 2.24) is 15.1 Å². The molecule has 9 atom stereocenters. The molecule has 37 heavy (non-hydrogen) atoms. The normalized spacial score (nSPS) is 47.4. The topological polar surface area (TPSA) is 102 Å². The van der Waals surface area contributed by atoms with Gasteiger partial charge in [0.25, 0.3) is 0 Å². The maximum absolute atomic E-state index is 13.2. The van der Waals surface area contributed by atoms with Gasteiger partial charge in [0.2, 0.25) is 0 Å². The Labute approximate surface area is 220 Å². The Morgan fingerprint density at radius 1 is 1.11 bits per heavy atom. The second-order valence-corrected chi connectivity index (χ2v) is 13.4. The molecule has 0 aromatic carbocycles. The highest BCUT2D eigenvalue weighted by Gasteiger charge is 2.70. The minimum atomic E-state index is -0.938. The number of carbonyl (C=O) groups excluding carboxylic acids is 2. The third-order valence-corrected chi connectivity index (χ3v) is 12.3. The Morgan fingerprint density at radius 2 is 1.86 bits per heavy atom. The number of piperazine rings is 1. The monoisotopic (exact) mass is 515 g/mol. The highest BCUT2D eigenvalue weighted by Crippen LogP contribution is 2.70. The molecule has 2 amide bonds. The maximum atomic E-state index is 13.2. The molecule has 1 saturated heterocycles. The van der Waals surface area contributed by atoms with E-state index in [1.54, 1.807) is 6.08 Å². The van der Waals surface area contributed by atoms with Crippen molar-refractivity contribution in [2.45, 2.75) is 83.0 Å². The van der Waals surface area contributed by atoms with E-state index in [9.17, 15) is 19.8 Å². The predicted octanol–water partition coefficient (Wildman–Crippen LogP) is 2.54. The lowest BCUT2D eigenvalue weighted by Gasteiger charge is -2.65. The summed E-state index contributed by atoms with van der Waals surface area (Å²) >= 11 is 0. The van der Waals surface area contributed by atoms with Crippen molar-refractivity contribution in [2.24, 2.45) is 34.5 Å². The van der Waals surface area contributed by atoms with Gasteiger partial charge in [0, 0.05) is 50.8 Å². The Kier molecular flexibility index (Phi) is 6.20. The Morgan fingerprint density at radius 3 is 2.57 bits per heavy atom. The standard InChI is InChI=1S/C29H45N3O5/c1-27-8-6-20(31(3)26(35)32-12-10-30-11-13-32)15-19(27)4-5-22-23(27)16-24(33)28(2)21(7-9-29(22,28)36)18-14-25(34)37-17-18/h14,19-24,30,33,36H,4-13,15-17H2,1-3H3/t19-,20+,21-,22-,23+,24-,27+,28+,29+/m1/s1. The number of urea groups is 1. The molecule has 6 rings (SSSR count). The summed E-state index contributed by atoms with van der Waals surface area (Å²) in [6.45, 7) is 8.02. The molecule has 6 aliphatic rings. The van der Waals surface area contributed by atoms with Crippen LogP contribution in [-0.2, 0) is 9.53 Å². The van der Waals surface area contributed by atoms with Crippen LogP contribution in [0.3, 0.4) is 0 Å². The number of cyclic esters (lactones) is 1. The summed E-state index contributed by atoms with van der Waals surface area (Å²) in [6, 6.07) is 0.407. The van der Waals surface area contributed by atoms with Crippen molar-refractivity contribution in [3.8, 4) is 0 Å². The van der Waals surface area contributed by atoms with Crippen LogP contribution < -0.4 is 5.32 Å². The van der Waals surface area contributed by atoms with Crippen molar-refractivity contribution in [3.63, 3.8) is 0 Å². The van der Waals surface area contributed by atoms with Crippen LogP contribution in [0.1, 0.15) is 65.2 Å². The molecule has 0 unspecified atom stereocenters. The lowest BCUT2D eigenvalue weighted by atomic mass is 9.42. The van der Waals surface area contributed by atoms with E-state index < -0.39 is 17.1 Å². The third-order valence-electron chi connectivity index (χ3n) is 12.3. The van der Waals surface area contributed by atoms with Gasteiger partial charge in [-0.25, -0.2) is 9.59 Å². The van der Waals surface area contributed by atoms with Gasteiger partial charge in [0.1, 0.15) is 6.61 Å². The van der Waals surface area contributed by atoms with Crippen molar-refractivity contribution in [1.29, 1.82) is 0 Å². The van der Waals surface area contributed by atoms with Crippen molar-refractivity contribution < 1.29 is 24.5 Å². The minimum absolute atomic E-state index is 0.0224. The van der Waals surface area contributed by atoms with Gasteiger partial charge in [-0.05, 0) is 86.0 Å². The molecule has 4 aliphatic carbocycles. The van der Waals surface area contributed by atoms with Crippen molar-refractivity contribution in [2.75, 3.05) is 39.8 Å². The van der Waals surface area contributed by atoms with Crippen LogP contribution in [0.25, 0.3) is 0 Å². The molecule has 8 heteroatoms. The zero-order chi connectivity index (χ0) is 26.2. The lowest BCUT2D eigenvalue weighted by molar-refractivity contribution is -0.243. The van der Waals surface area contributed by atoms with Crippen LogP contribution >= 0.6 is 0 Å². The molecule has 206 valence electrons. The van der Waals surface area contributed by atoms with E-state index in [0.717, 1.165) is 70.3 Å². The van der Waals surface area contributed by atoms with E-state index in [2.05, 4.69) is 19.2 Å². The van der Waals surface area contributed by atoms with Gasteiger partial charge in [-0.1, -0.05) is 13.8 Å². The fourth-order valence-corrected chi connectivity index (χ4v) is 9.95. The van der Waals surface area contributed by atoms with Crippen LogP contribution in [0.15, 0.2) is 11.6 Å². The van der Waals surface area contributed by atoms with Gasteiger partial charge >= 0.3 is 12.0 Å². The van der Waals surface area contributed by atoms with Crippen molar-refractivity contribution in [3.05, 3.63) is 11.6 Å². The second-order valence-electron chi connectivity index (χ2n) is 13.4. The zero-order valence-corrected chi connectivity index (χ0v) is 22.7. The molecule has 0 radical (unpaired) electrons. The number of hydrogen-bond donors (Lipinski definition) is 3. The highest BCUT2D eigenvalue weighted by atomic mass is 16.5. The molecule has 2 aliphatic heterocycles. The molecule has 4 saturated carbocycles. The number of nitrogens with zero attached hydrogens (tertiary/aromatic N) is 2. The molecule has 0 spiro atoms. The van der Waals surface area contributed by atoms with Crippen LogP contribution in [0, 0.1) is 34.5 Å². The number of nitrogens with one attached hydrogen (secondary N) is 1. The predicted molar refractivity (Wildman–Crippen MR) is 138 cm³/mol. The molecule has 2 heterocycles. The molecule has 0 aromatic heterocycles. The largest absolute Gasteiger partial charge is 0.458 e. The number of rotatable bonds is 2. The van der Waals surface area contributed by atoms with Gasteiger partial charge in [0.15, 0.2) is 0 Å². The molecule has 0 bridgehead atoms. The Hall–Kier alpha value is -1.64. The molecule has 5 fully saturated rings. The third kappa shape index (κ3) is 3.64. The summed E-state index contributed by atoms with van der Waals surface area (Å²) in [5.41, 5.74) is -0.602. The SMILES string of the molecule is CN(C(=O)N1CCNCC1)[C@H]1CC[C@@]2(C)[C@H](CC[C@@H]3[C@@H]2C[C@@H](O)[C@]2(C)[C@@H](C4=CC(=O)OC4)CC[C@]32O)C1. The van der Waals surface area contributed by atoms with Crippen molar-refractivity contribution >= 4 is 12.0 Å². The van der Waals surface area contributed by atoms with Gasteiger partial charge in [0.05, 0.1) is 11.7 Å². The fraction of sp³-hybridized carbons (Fsp3) is 0.862. The summed E-state index contributed by atoms with van der Waals surface area (Å²) in [5, 5.41) is 27.5. The van der Waals surface area contributed by atoms with Gasteiger partial charge in [-0.3, -0.25) is 0 Å². The number of ether oxygens (including phenoxy) is 1. The minimum Gasteiger partial charge on any atom is -0.458 e. The highest BCUT2D eigenvalue weighted by molar-refractivity contribution is 5.85. The van der Waals surface area contributed by atoms with E-state index in [1.807, 2.05) is 16.8 Å². The molecule has 0 aromatic rings. The first kappa shape index (κ1) is 25.6. The van der Waals surface area contributed by atoms with E-state index in [-0.39, 0.29) is 47.8 Å². The molecule has 3 N–H and O–H groups in total. The average molecular weight is 516 g/mol. The number of aliphatic hydroxyl groups is 2. The summed E-state index contributed by atoms with van der Waals surface area (Å²) in [7, 11) is 1.98. The lowest BCUT2D eigenvalue weighted by Crippen LogP contribution is -2.67. The Bertz CT molecular complexity index is 981.